The highest BCUT2D eigenvalue weighted by Gasteiger charge is 2.54. The van der Waals surface area contributed by atoms with E-state index in [0.717, 1.165) is 23.4 Å². The van der Waals surface area contributed by atoms with Gasteiger partial charge in [-0.2, -0.15) is 0 Å². The molecule has 2 aromatic carbocycles. The number of methoxy groups -OCH3 is 1. The van der Waals surface area contributed by atoms with Crippen molar-refractivity contribution in [1.82, 2.24) is 15.2 Å². The number of phenolic OH excluding ortho intramolecular Hbond substituents is 1. The van der Waals surface area contributed by atoms with Gasteiger partial charge in [0.15, 0.2) is 11.6 Å². The lowest BCUT2D eigenvalue weighted by Crippen LogP contribution is -2.51. The predicted octanol–water partition coefficient (Wildman–Crippen LogP) is 4.62. The minimum Gasteiger partial charge on any atom is -0.508 e. The quantitative estimate of drug-likeness (QED) is 0.313. The van der Waals surface area contributed by atoms with Crippen molar-refractivity contribution in [3.8, 4) is 11.5 Å². The van der Waals surface area contributed by atoms with Gasteiger partial charge >= 0.3 is 0 Å². The molecular formula is C30H34FN3O4. The van der Waals surface area contributed by atoms with Crippen molar-refractivity contribution in [2.24, 2.45) is 11.3 Å². The third kappa shape index (κ3) is 4.06. The molecule has 0 bridgehead atoms. The Labute approximate surface area is 221 Å². The van der Waals surface area contributed by atoms with E-state index < -0.39 is 11.2 Å². The molecule has 8 heteroatoms. The van der Waals surface area contributed by atoms with Gasteiger partial charge in [0.2, 0.25) is 11.8 Å². The topological polar surface area (TPSA) is 94.7 Å². The summed E-state index contributed by atoms with van der Waals surface area (Å²) < 4.78 is 21.0. The molecule has 1 saturated carbocycles. The summed E-state index contributed by atoms with van der Waals surface area (Å²) in [5, 5.41) is 14.2. The summed E-state index contributed by atoms with van der Waals surface area (Å²) >= 11 is 0. The number of aromatic hydroxyl groups is 1. The maximum absolute atomic E-state index is 15.7. The summed E-state index contributed by atoms with van der Waals surface area (Å²) in [6.07, 6.45) is 4.19. The molecule has 7 nitrogen and oxygen atoms in total. The number of likely N-dealkylation sites (tertiary alicyclic amines) is 1. The normalized spacial score (nSPS) is 25.3. The zero-order valence-corrected chi connectivity index (χ0v) is 21.9. The Balaban J connectivity index is 1.46. The van der Waals surface area contributed by atoms with Crippen LogP contribution in [-0.2, 0) is 16.0 Å². The van der Waals surface area contributed by atoms with E-state index in [0.29, 0.717) is 42.8 Å². The summed E-state index contributed by atoms with van der Waals surface area (Å²) in [6, 6.07) is 11.0. The van der Waals surface area contributed by atoms with E-state index in [4.69, 9.17) is 4.74 Å². The summed E-state index contributed by atoms with van der Waals surface area (Å²) in [5.74, 6) is -1.05. The first-order valence-electron chi connectivity index (χ1n) is 13.6. The van der Waals surface area contributed by atoms with Gasteiger partial charge in [-0.15, -0.1) is 0 Å². The molecule has 3 N–H and O–H groups in total. The molecule has 3 aromatic rings. The van der Waals surface area contributed by atoms with Gasteiger partial charge in [0, 0.05) is 41.5 Å². The van der Waals surface area contributed by atoms with Crippen molar-refractivity contribution in [3.63, 3.8) is 0 Å². The highest BCUT2D eigenvalue weighted by Crippen LogP contribution is 2.55. The van der Waals surface area contributed by atoms with Gasteiger partial charge in [-0.1, -0.05) is 19.1 Å². The van der Waals surface area contributed by atoms with Crippen LogP contribution in [0.1, 0.15) is 61.8 Å². The summed E-state index contributed by atoms with van der Waals surface area (Å²) in [6.45, 7) is 3.08. The van der Waals surface area contributed by atoms with Crippen molar-refractivity contribution in [2.75, 3.05) is 20.2 Å². The van der Waals surface area contributed by atoms with Crippen LogP contribution in [0.15, 0.2) is 36.4 Å². The van der Waals surface area contributed by atoms with Crippen LogP contribution in [0.5, 0.6) is 11.5 Å². The third-order valence-electron chi connectivity index (χ3n) is 8.80. The lowest BCUT2D eigenvalue weighted by Gasteiger charge is -2.45. The molecule has 0 radical (unpaired) electrons. The molecule has 0 spiro atoms. The van der Waals surface area contributed by atoms with Gasteiger partial charge < -0.3 is 20.1 Å². The van der Waals surface area contributed by atoms with Crippen LogP contribution < -0.4 is 10.1 Å². The van der Waals surface area contributed by atoms with Crippen LogP contribution >= 0.6 is 0 Å². The number of phenols is 1. The molecule has 3 atom stereocenters. The Morgan fingerprint density at radius 2 is 2.03 bits per heavy atom. The number of rotatable bonds is 7. The van der Waals surface area contributed by atoms with Crippen molar-refractivity contribution in [2.45, 2.75) is 57.4 Å². The number of H-pyrrole nitrogens is 1. The molecule has 1 unspecified atom stereocenters. The number of fused-ring (bicyclic) bond motifs is 4. The fraction of sp³-hybridized carbons (Fsp3) is 0.467. The molecular weight excluding hydrogens is 485 g/mol. The summed E-state index contributed by atoms with van der Waals surface area (Å²) in [7, 11) is 1.44. The highest BCUT2D eigenvalue weighted by atomic mass is 19.1. The Kier molecular flexibility index (Phi) is 6.17. The molecule has 2 amide bonds. The summed E-state index contributed by atoms with van der Waals surface area (Å²) in [4.78, 5) is 32.4. The molecule has 2 fully saturated rings. The highest BCUT2D eigenvalue weighted by molar-refractivity contribution is 6.00. The van der Waals surface area contributed by atoms with Crippen molar-refractivity contribution in [3.05, 3.63) is 59.0 Å². The van der Waals surface area contributed by atoms with Crippen molar-refractivity contribution < 1.29 is 23.8 Å². The fourth-order valence-electron chi connectivity index (χ4n) is 6.71. The Morgan fingerprint density at radius 1 is 1.21 bits per heavy atom. The van der Waals surface area contributed by atoms with Gasteiger partial charge in [0.25, 0.3) is 0 Å². The first-order chi connectivity index (χ1) is 18.3. The average Bonchev–Trinajstić information content (AvgIpc) is 3.66. The van der Waals surface area contributed by atoms with E-state index in [9.17, 15) is 14.7 Å². The number of nitrogens with one attached hydrogen (secondary N) is 2. The van der Waals surface area contributed by atoms with E-state index in [1.165, 1.54) is 24.9 Å². The fourth-order valence-corrected chi connectivity index (χ4v) is 6.71. The van der Waals surface area contributed by atoms with E-state index in [1.807, 2.05) is 13.0 Å². The molecule has 3 aliphatic rings. The van der Waals surface area contributed by atoms with Crippen molar-refractivity contribution >= 4 is 22.7 Å². The number of nitrogens with zero attached hydrogens (tertiary/aromatic N) is 1. The molecule has 2 aliphatic carbocycles. The number of hydrogen-bond donors (Lipinski definition) is 3. The number of hydrogen-bond acceptors (Lipinski definition) is 5. The molecule has 1 aromatic heterocycles. The predicted molar refractivity (Wildman–Crippen MR) is 142 cm³/mol. The molecule has 6 rings (SSSR count). The van der Waals surface area contributed by atoms with Gasteiger partial charge in [0.1, 0.15) is 5.75 Å². The molecule has 200 valence electrons. The Hall–Kier alpha value is -3.39. The monoisotopic (exact) mass is 519 g/mol. The number of carbonyl (C=O) groups is 2. The second-order valence-corrected chi connectivity index (χ2v) is 11.3. The van der Waals surface area contributed by atoms with E-state index in [1.54, 1.807) is 30.3 Å². The SMILES string of the molecule is COc1ccc2[nH]c3c(c2c1F)C[C@@]1(C)C(=O)N(CCCNC2CC2)C(=O)CCC1[C@@H]3c1cccc(O)c1. The molecule has 1 aliphatic heterocycles. The Morgan fingerprint density at radius 3 is 2.76 bits per heavy atom. The molecule has 38 heavy (non-hydrogen) atoms. The van der Waals surface area contributed by atoms with Gasteiger partial charge in [-0.3, -0.25) is 14.5 Å². The maximum atomic E-state index is 15.7. The largest absolute Gasteiger partial charge is 0.508 e. The zero-order chi connectivity index (χ0) is 26.6. The zero-order valence-electron chi connectivity index (χ0n) is 21.9. The van der Waals surface area contributed by atoms with Crippen LogP contribution in [0.3, 0.4) is 0 Å². The lowest BCUT2D eigenvalue weighted by atomic mass is 9.59. The van der Waals surface area contributed by atoms with Crippen LogP contribution in [0.4, 0.5) is 4.39 Å². The number of carbonyl (C=O) groups excluding carboxylic acids is 2. The van der Waals surface area contributed by atoms with Gasteiger partial charge in [-0.05, 0) is 80.0 Å². The van der Waals surface area contributed by atoms with Crippen LogP contribution in [0, 0.1) is 17.2 Å². The Bertz CT molecular complexity index is 1410. The third-order valence-corrected chi connectivity index (χ3v) is 8.80. The van der Waals surface area contributed by atoms with E-state index in [2.05, 4.69) is 10.3 Å². The smallest absolute Gasteiger partial charge is 0.235 e. The summed E-state index contributed by atoms with van der Waals surface area (Å²) in [5.41, 5.74) is 2.13. The van der Waals surface area contributed by atoms with Crippen LogP contribution in [0.25, 0.3) is 10.9 Å². The molecule has 1 saturated heterocycles. The number of imide groups is 1. The lowest BCUT2D eigenvalue weighted by molar-refractivity contribution is -0.151. The number of aromatic amines is 1. The first kappa shape index (κ1) is 24.9. The number of ether oxygens (including phenoxy) is 1. The second kappa shape index (κ2) is 9.42. The van der Waals surface area contributed by atoms with Gasteiger partial charge in [-0.25, -0.2) is 4.39 Å². The van der Waals surface area contributed by atoms with E-state index >= 15 is 4.39 Å². The molecule has 2 heterocycles. The standard InChI is InChI=1S/C30H34FN3O4/c1-30-16-20-26-22(10-11-23(38-2)27(26)31)33-28(20)25(17-5-3-6-19(35)15-17)21(30)9-12-24(36)34(29(30)37)14-4-13-32-18-7-8-18/h3,5-6,10-11,15,18,21,25,32-33,35H,4,7-9,12-14,16H2,1-2H3/t21?,25-,30+/m0/s1. The second-order valence-electron chi connectivity index (χ2n) is 11.3. The minimum atomic E-state index is -0.927. The van der Waals surface area contributed by atoms with Crippen LogP contribution in [0.2, 0.25) is 0 Å². The minimum absolute atomic E-state index is 0.126. The number of aromatic nitrogens is 1. The number of amides is 2. The maximum Gasteiger partial charge on any atom is 0.235 e. The number of halogens is 1. The average molecular weight is 520 g/mol. The van der Waals surface area contributed by atoms with E-state index in [-0.39, 0.29) is 41.6 Å². The number of benzene rings is 2. The van der Waals surface area contributed by atoms with Gasteiger partial charge in [0.05, 0.1) is 12.5 Å². The van der Waals surface area contributed by atoms with Crippen LogP contribution in [-0.4, -0.2) is 53.0 Å². The van der Waals surface area contributed by atoms with Crippen molar-refractivity contribution in [1.29, 1.82) is 0 Å². The first-order valence-corrected chi connectivity index (χ1v) is 13.6.